The number of nitrogens with two attached hydrogens (primary N) is 2. The molecule has 1 aliphatic rings. The second-order valence-corrected chi connectivity index (χ2v) is 17.9. The summed E-state index contributed by atoms with van der Waals surface area (Å²) in [7, 11) is 0. The first-order valence-electron chi connectivity index (χ1n) is 24.9. The van der Waals surface area contributed by atoms with E-state index in [9.17, 15) is 63.0 Å². The largest absolute Gasteiger partial charge is 0.480 e. The number of anilines is 4. The van der Waals surface area contributed by atoms with Gasteiger partial charge >= 0.3 is 11.9 Å². The Morgan fingerprint density at radius 3 is 2.04 bits per heavy atom. The maximum absolute atomic E-state index is 13.4. The first-order valence-corrected chi connectivity index (χ1v) is 24.9. The van der Waals surface area contributed by atoms with Gasteiger partial charge in [-0.2, -0.15) is 9.97 Å². The molecule has 3 aromatic carbocycles. The highest BCUT2D eigenvalue weighted by molar-refractivity contribution is 6.13. The zero-order chi connectivity index (χ0) is 57.7. The summed E-state index contributed by atoms with van der Waals surface area (Å²) < 4.78 is 0. The number of carboxylic acids is 2. The van der Waals surface area contributed by atoms with E-state index in [1.807, 2.05) is 0 Å². The number of amides is 9. The van der Waals surface area contributed by atoms with Crippen LogP contribution in [0.15, 0.2) is 91.1 Å². The lowest BCUT2D eigenvalue weighted by Gasteiger charge is -2.19. The van der Waals surface area contributed by atoms with Crippen LogP contribution in [-0.4, -0.2) is 145 Å². The Labute approximate surface area is 455 Å². The van der Waals surface area contributed by atoms with Crippen LogP contribution in [0.2, 0.25) is 0 Å². The number of aliphatic carboxylic acids is 1. The Bertz CT molecular complexity index is 3180. The Kier molecular flexibility index (Phi) is 21.1. The van der Waals surface area contributed by atoms with Crippen molar-refractivity contribution in [2.24, 2.45) is 0 Å². The lowest BCUT2D eigenvalue weighted by Crippen LogP contribution is -2.52. The number of benzene rings is 3. The number of unbranched alkanes of at least 4 members (excludes halogenated alkanes) is 2. The number of fused-ring (bicyclic) bond motifs is 1. The van der Waals surface area contributed by atoms with Crippen molar-refractivity contribution in [2.75, 3.05) is 54.8 Å². The molecule has 28 heteroatoms. The molecule has 14 N–H and O–H groups in total. The van der Waals surface area contributed by atoms with Crippen LogP contribution in [0.25, 0.3) is 11.2 Å². The van der Waals surface area contributed by atoms with E-state index in [1.165, 1.54) is 36.5 Å². The van der Waals surface area contributed by atoms with Crippen LogP contribution in [0.4, 0.5) is 23.1 Å². The number of nitrogen functional groups attached to an aromatic ring is 2. The van der Waals surface area contributed by atoms with E-state index in [-0.39, 0.29) is 96.9 Å². The first-order chi connectivity index (χ1) is 38.3. The van der Waals surface area contributed by atoms with Gasteiger partial charge in [0.05, 0.1) is 49.2 Å². The van der Waals surface area contributed by atoms with Gasteiger partial charge in [0.15, 0.2) is 17.0 Å². The van der Waals surface area contributed by atoms with Crippen molar-refractivity contribution in [3.05, 3.63) is 119 Å². The van der Waals surface area contributed by atoms with E-state index in [4.69, 9.17) is 11.5 Å². The summed E-state index contributed by atoms with van der Waals surface area (Å²) in [5, 5.41) is 40.1. The highest BCUT2D eigenvalue weighted by Crippen LogP contribution is 2.19. The summed E-state index contributed by atoms with van der Waals surface area (Å²) in [5.41, 5.74) is 13.2. The number of nitrogens with zero attached hydrogens (tertiary/aromatic N) is 5. The molecule has 5 aromatic rings. The molecule has 0 aliphatic carbocycles. The van der Waals surface area contributed by atoms with Crippen molar-refractivity contribution in [3.8, 4) is 0 Å². The van der Waals surface area contributed by atoms with Gasteiger partial charge in [-0.15, -0.1) is 0 Å². The number of hydrogen-bond donors (Lipinski definition) is 12. The molecule has 0 bridgehead atoms. The van der Waals surface area contributed by atoms with Crippen molar-refractivity contribution >= 4 is 99.4 Å². The molecule has 28 nitrogen and oxygen atoms in total. The molecule has 9 amide bonds. The number of aromatic nitrogens is 4. The molecule has 0 fully saturated rings. The smallest absolute Gasteiger partial charge is 0.336 e. The van der Waals surface area contributed by atoms with E-state index in [0.717, 1.165) is 17.0 Å². The van der Waals surface area contributed by atoms with Gasteiger partial charge in [0.2, 0.25) is 35.5 Å². The molecule has 1 aliphatic heterocycles. The first kappa shape index (κ1) is 58.8. The predicted molar refractivity (Wildman–Crippen MR) is 286 cm³/mol. The van der Waals surface area contributed by atoms with Gasteiger partial charge in [0, 0.05) is 55.0 Å². The number of carbonyl (C=O) groups excluding carboxylic acids is 9. The number of rotatable bonds is 29. The predicted octanol–water partition coefficient (Wildman–Crippen LogP) is -0.212. The molecule has 2 atom stereocenters. The Balaban J connectivity index is 0.908. The number of carboxylic acid groups (broad SMARTS) is 2. The lowest BCUT2D eigenvalue weighted by molar-refractivity contribution is -0.139. The zero-order valence-electron chi connectivity index (χ0n) is 42.8. The van der Waals surface area contributed by atoms with Gasteiger partial charge < -0.3 is 64.2 Å². The number of nitrogens with one attached hydrogen (secondary N) is 8. The number of hydrogen-bond acceptors (Lipinski definition) is 18. The molecular formula is C52H57N15O13. The molecule has 6 rings (SSSR count). The summed E-state index contributed by atoms with van der Waals surface area (Å²) in [6.07, 6.45) is 5.41. The van der Waals surface area contributed by atoms with Crippen molar-refractivity contribution in [2.45, 2.75) is 63.6 Å². The molecule has 2 aromatic heterocycles. The molecule has 0 radical (unpaired) electrons. The van der Waals surface area contributed by atoms with Crippen molar-refractivity contribution < 1.29 is 63.0 Å². The summed E-state index contributed by atoms with van der Waals surface area (Å²) in [4.78, 5) is 155. The van der Waals surface area contributed by atoms with Crippen LogP contribution in [0.5, 0.6) is 0 Å². The van der Waals surface area contributed by atoms with E-state index >= 15 is 0 Å². The molecule has 3 heterocycles. The summed E-state index contributed by atoms with van der Waals surface area (Å²) in [6, 6.07) is 15.7. The van der Waals surface area contributed by atoms with Crippen LogP contribution in [0.3, 0.4) is 0 Å². The van der Waals surface area contributed by atoms with E-state index in [0.29, 0.717) is 36.2 Å². The second-order valence-electron chi connectivity index (χ2n) is 17.9. The zero-order valence-corrected chi connectivity index (χ0v) is 42.8. The highest BCUT2D eigenvalue weighted by atomic mass is 16.4. The van der Waals surface area contributed by atoms with Crippen molar-refractivity contribution in [1.29, 1.82) is 0 Å². The van der Waals surface area contributed by atoms with E-state index < -0.39 is 90.6 Å². The Morgan fingerprint density at radius 2 is 1.32 bits per heavy atom. The third-order valence-electron chi connectivity index (χ3n) is 11.9. The number of aromatic carboxylic acids is 1. The van der Waals surface area contributed by atoms with Gasteiger partial charge in [-0.25, -0.2) is 19.6 Å². The fourth-order valence-electron chi connectivity index (χ4n) is 7.79. The maximum Gasteiger partial charge on any atom is 0.336 e. The molecular weight excluding hydrogens is 1040 g/mol. The SMILES string of the molecule is Nc1nc(N)c2nc(CNc3ccc(C(=O)N[C@@H](CCCNC(=O)c4ccc(NC(=O)CNC(=O)[C@H](Cc5ccccc5)NC(=O)CNC(=O)CNC(=O)CCCCCN5C(=O)C=CC5=O)cc4C(=O)O)C(=O)O)cc3)cnc2n1. The normalized spacial score (nSPS) is 12.4. The minimum absolute atomic E-state index is 0.0133. The molecule has 0 saturated carbocycles. The average Bonchev–Trinajstić information content (AvgIpc) is 3.76. The van der Waals surface area contributed by atoms with E-state index in [1.54, 1.807) is 42.5 Å². The maximum atomic E-state index is 13.4. The second kappa shape index (κ2) is 28.6. The fourth-order valence-corrected chi connectivity index (χ4v) is 7.79. The lowest BCUT2D eigenvalue weighted by atomic mass is 10.0. The average molecular weight is 1100 g/mol. The molecule has 0 saturated heterocycles. The van der Waals surface area contributed by atoms with Gasteiger partial charge in [0.1, 0.15) is 12.1 Å². The molecule has 418 valence electrons. The van der Waals surface area contributed by atoms with Gasteiger partial charge in [-0.1, -0.05) is 36.8 Å². The minimum Gasteiger partial charge on any atom is -0.480 e. The Hall–Kier alpha value is -10.4. The van der Waals surface area contributed by atoms with Gasteiger partial charge in [0.25, 0.3) is 23.6 Å². The summed E-state index contributed by atoms with van der Waals surface area (Å²) in [5.74, 6) is -8.50. The van der Waals surface area contributed by atoms with Crippen LogP contribution in [-0.2, 0) is 51.3 Å². The molecule has 0 unspecified atom stereocenters. The van der Waals surface area contributed by atoms with Crippen LogP contribution in [0.1, 0.15) is 80.9 Å². The number of carbonyl (C=O) groups is 11. The summed E-state index contributed by atoms with van der Waals surface area (Å²) in [6.45, 7) is -1.27. The standard InChI is InChI=1S/C52H57N15O13/c53-45-44-46(66-52(54)65-45)59-25-33(62-44)24-56-31-14-12-30(13-15-31)47(74)64-36(51(79)80)10-7-20-55-48(75)34-17-16-32(23-35(34)50(77)78)61-40(70)28-60-49(76)37(22-29-8-3-1-4-9-29)63-41(71)27-58-39(69)26-57-38(68)11-5-2-6-21-67-42(72)18-19-43(67)73/h1,3-4,8-9,12-19,23,25,36-37,56H,2,5-7,10-11,20-22,24,26-28H2,(H,55,75)(H,57,68)(H,58,69)(H,60,76)(H,61,70)(H,63,71)(H,64,74)(H,77,78)(H,79,80)(H4,53,54,59,65,66)/t36-,37-/m0/s1. The van der Waals surface area contributed by atoms with Gasteiger partial charge in [-0.3, -0.25) is 48.1 Å². The Morgan fingerprint density at radius 1 is 0.637 bits per heavy atom. The van der Waals surface area contributed by atoms with Gasteiger partial charge in [-0.05, 0) is 73.7 Å². The number of imide groups is 1. The van der Waals surface area contributed by atoms with Crippen molar-refractivity contribution in [3.63, 3.8) is 0 Å². The third-order valence-corrected chi connectivity index (χ3v) is 11.9. The topological polar surface area (TPSA) is 431 Å². The van der Waals surface area contributed by atoms with Crippen molar-refractivity contribution in [1.82, 2.24) is 56.7 Å². The monoisotopic (exact) mass is 1100 g/mol. The van der Waals surface area contributed by atoms with Crippen LogP contribution >= 0.6 is 0 Å². The quantitative estimate of drug-likeness (QED) is 0.0218. The van der Waals surface area contributed by atoms with Crippen LogP contribution in [0, 0.1) is 0 Å². The highest BCUT2D eigenvalue weighted by Gasteiger charge is 2.25. The fraction of sp³-hybridized carbons (Fsp3) is 0.288. The molecule has 0 spiro atoms. The minimum atomic E-state index is -1.51. The van der Waals surface area contributed by atoms with E-state index in [2.05, 4.69) is 62.5 Å². The third kappa shape index (κ3) is 17.8. The molecule has 80 heavy (non-hydrogen) atoms. The summed E-state index contributed by atoms with van der Waals surface area (Å²) >= 11 is 0. The van der Waals surface area contributed by atoms with Crippen LogP contribution < -0.4 is 54.0 Å².